The first-order chi connectivity index (χ1) is 9.08. The molecule has 1 unspecified atom stereocenters. The van der Waals surface area contributed by atoms with Gasteiger partial charge in [-0.3, -0.25) is 4.65 Å². The third kappa shape index (κ3) is 2.01. The van der Waals surface area contributed by atoms with Crippen LogP contribution < -0.4 is 5.73 Å². The molecule has 2 aromatic carbocycles. The number of fused-ring (bicyclic) bond motifs is 1. The average Bonchev–Trinajstić information content (AvgIpc) is 2.65. The van der Waals surface area contributed by atoms with Crippen LogP contribution in [-0.2, 0) is 13.1 Å². The van der Waals surface area contributed by atoms with Gasteiger partial charge in [0.15, 0.2) is 0 Å². The molecule has 0 aliphatic carbocycles. The molecule has 1 atom stereocenters. The number of hydrogen-bond acceptors (Lipinski definition) is 3. The highest BCUT2D eigenvalue weighted by molar-refractivity contribution is 5.92. The lowest BCUT2D eigenvalue weighted by atomic mass is 10.1. The monoisotopic (exact) mass is 254 g/mol. The normalized spacial score (nSPS) is 21.4. The van der Waals surface area contributed by atoms with E-state index in [9.17, 15) is 10.0 Å². The van der Waals surface area contributed by atoms with E-state index in [0.29, 0.717) is 11.3 Å². The molecule has 0 aromatic heterocycles. The maximum Gasteiger partial charge on any atom is 0.346 e. The molecular weight excluding hydrogens is 240 g/mol. The topological polar surface area (TPSA) is 66.2 Å². The molecule has 1 heterocycles. The van der Waals surface area contributed by atoms with Crippen molar-refractivity contribution in [2.24, 2.45) is 0 Å². The maximum absolute atomic E-state index is 12.7. The Morgan fingerprint density at radius 2 is 1.79 bits per heavy atom. The smallest absolute Gasteiger partial charge is 0.346 e. The SMILES string of the molecule is Nc1ccc(C[N+]2([O-])Cc3ccccc3C2=O)cc1. The number of rotatable bonds is 2. The number of anilines is 1. The van der Waals surface area contributed by atoms with Crippen molar-refractivity contribution in [3.8, 4) is 0 Å². The first-order valence-electron chi connectivity index (χ1n) is 6.14. The van der Waals surface area contributed by atoms with E-state index in [4.69, 9.17) is 5.73 Å². The minimum absolute atomic E-state index is 0.147. The van der Waals surface area contributed by atoms with Crippen LogP contribution in [0.25, 0.3) is 0 Å². The highest BCUT2D eigenvalue weighted by Gasteiger charge is 2.38. The second-order valence-electron chi connectivity index (χ2n) is 4.91. The van der Waals surface area contributed by atoms with E-state index in [1.54, 1.807) is 36.4 Å². The molecule has 19 heavy (non-hydrogen) atoms. The summed E-state index contributed by atoms with van der Waals surface area (Å²) in [6, 6.07) is 14.3. The maximum atomic E-state index is 12.7. The molecule has 0 fully saturated rings. The Morgan fingerprint density at radius 1 is 1.11 bits per heavy atom. The van der Waals surface area contributed by atoms with Crippen molar-refractivity contribution in [3.63, 3.8) is 0 Å². The molecule has 3 rings (SSSR count). The van der Waals surface area contributed by atoms with Crippen LogP contribution in [-0.4, -0.2) is 10.6 Å². The summed E-state index contributed by atoms with van der Waals surface area (Å²) in [7, 11) is 0. The van der Waals surface area contributed by atoms with Gasteiger partial charge in [0, 0.05) is 16.8 Å². The standard InChI is InChI=1S/C15H14N2O2/c16-13-7-5-11(6-8-13)9-17(19)10-12-3-1-2-4-14(12)15(17)18/h1-8H,9-10,16H2. The van der Waals surface area contributed by atoms with Gasteiger partial charge in [-0.05, 0) is 18.2 Å². The van der Waals surface area contributed by atoms with Crippen molar-refractivity contribution < 1.29 is 9.44 Å². The molecule has 0 saturated heterocycles. The third-order valence-corrected chi connectivity index (χ3v) is 3.46. The van der Waals surface area contributed by atoms with Crippen LogP contribution in [0.3, 0.4) is 0 Å². The van der Waals surface area contributed by atoms with Crippen molar-refractivity contribution >= 4 is 11.6 Å². The summed E-state index contributed by atoms with van der Waals surface area (Å²) >= 11 is 0. The molecule has 0 radical (unpaired) electrons. The first kappa shape index (κ1) is 11.9. The van der Waals surface area contributed by atoms with Gasteiger partial charge >= 0.3 is 5.91 Å². The predicted octanol–water partition coefficient (Wildman–Crippen LogP) is 2.44. The third-order valence-electron chi connectivity index (χ3n) is 3.46. The molecule has 0 spiro atoms. The Kier molecular flexibility index (Phi) is 2.62. The Labute approximate surface area is 111 Å². The predicted molar refractivity (Wildman–Crippen MR) is 72.7 cm³/mol. The van der Waals surface area contributed by atoms with Gasteiger partial charge in [-0.2, -0.15) is 0 Å². The van der Waals surface area contributed by atoms with Crippen LogP contribution in [0.2, 0.25) is 0 Å². The molecule has 1 aliphatic rings. The van der Waals surface area contributed by atoms with E-state index in [1.807, 2.05) is 12.1 Å². The van der Waals surface area contributed by atoms with Crippen LogP contribution >= 0.6 is 0 Å². The highest BCUT2D eigenvalue weighted by Crippen LogP contribution is 2.31. The lowest BCUT2D eigenvalue weighted by Gasteiger charge is -2.35. The van der Waals surface area contributed by atoms with Crippen LogP contribution in [0.1, 0.15) is 21.5 Å². The van der Waals surface area contributed by atoms with E-state index < -0.39 is 4.65 Å². The van der Waals surface area contributed by atoms with Gasteiger partial charge in [-0.15, -0.1) is 0 Å². The molecule has 4 heteroatoms. The van der Waals surface area contributed by atoms with Crippen molar-refractivity contribution in [3.05, 3.63) is 70.4 Å². The quantitative estimate of drug-likeness (QED) is 0.508. The number of carbonyl (C=O) groups excluding carboxylic acids is 1. The summed E-state index contributed by atoms with van der Waals surface area (Å²) in [5, 5.41) is 12.7. The molecule has 2 aromatic rings. The van der Waals surface area contributed by atoms with Crippen molar-refractivity contribution in [1.29, 1.82) is 0 Å². The van der Waals surface area contributed by atoms with E-state index in [-0.39, 0.29) is 19.0 Å². The van der Waals surface area contributed by atoms with Gasteiger partial charge in [0.25, 0.3) is 0 Å². The Morgan fingerprint density at radius 3 is 2.47 bits per heavy atom. The van der Waals surface area contributed by atoms with Crippen LogP contribution in [0, 0.1) is 5.21 Å². The molecule has 0 bridgehead atoms. The number of hydroxylamine groups is 3. The van der Waals surface area contributed by atoms with E-state index in [2.05, 4.69) is 0 Å². The fraction of sp³-hybridized carbons (Fsp3) is 0.133. The molecule has 1 amide bonds. The summed E-state index contributed by atoms with van der Waals surface area (Å²) in [6.07, 6.45) is 0. The van der Waals surface area contributed by atoms with E-state index in [0.717, 1.165) is 11.1 Å². The minimum atomic E-state index is -0.844. The molecule has 96 valence electrons. The van der Waals surface area contributed by atoms with Gasteiger partial charge in [-0.25, -0.2) is 4.79 Å². The van der Waals surface area contributed by atoms with E-state index in [1.165, 1.54) is 0 Å². The summed E-state index contributed by atoms with van der Waals surface area (Å²) in [5.74, 6) is -0.354. The largest absolute Gasteiger partial charge is 0.624 e. The Balaban J connectivity index is 1.90. The summed E-state index contributed by atoms with van der Waals surface area (Å²) in [4.78, 5) is 12.2. The summed E-state index contributed by atoms with van der Waals surface area (Å²) in [5.41, 5.74) is 8.47. The fourth-order valence-electron chi connectivity index (χ4n) is 2.48. The first-order valence-corrected chi connectivity index (χ1v) is 6.14. The number of benzene rings is 2. The second-order valence-corrected chi connectivity index (χ2v) is 4.91. The fourth-order valence-corrected chi connectivity index (χ4v) is 2.48. The van der Waals surface area contributed by atoms with Crippen molar-refractivity contribution in [1.82, 2.24) is 0 Å². The zero-order valence-corrected chi connectivity index (χ0v) is 10.4. The van der Waals surface area contributed by atoms with Gasteiger partial charge in [-0.1, -0.05) is 30.3 Å². The number of hydrogen-bond donors (Lipinski definition) is 1. The zero-order chi connectivity index (χ0) is 13.5. The van der Waals surface area contributed by atoms with Crippen LogP contribution in [0.15, 0.2) is 48.5 Å². The number of amides is 1. The van der Waals surface area contributed by atoms with E-state index >= 15 is 0 Å². The number of quaternary nitrogens is 1. The minimum Gasteiger partial charge on any atom is -0.624 e. The lowest BCUT2D eigenvalue weighted by molar-refractivity contribution is -0.821. The summed E-state index contributed by atoms with van der Waals surface area (Å²) < 4.78 is -0.844. The molecule has 2 N–H and O–H groups in total. The van der Waals surface area contributed by atoms with Crippen LogP contribution in [0.5, 0.6) is 0 Å². The van der Waals surface area contributed by atoms with Gasteiger partial charge < -0.3 is 10.9 Å². The average molecular weight is 254 g/mol. The number of nitrogens with two attached hydrogens (primary N) is 1. The van der Waals surface area contributed by atoms with Crippen molar-refractivity contribution in [2.45, 2.75) is 13.1 Å². The van der Waals surface area contributed by atoms with Crippen LogP contribution in [0.4, 0.5) is 5.69 Å². The lowest BCUT2D eigenvalue weighted by Crippen LogP contribution is -2.41. The second kappa shape index (κ2) is 4.19. The number of nitrogens with zero attached hydrogens (tertiary/aromatic N) is 1. The Bertz CT molecular complexity index is 637. The summed E-state index contributed by atoms with van der Waals surface area (Å²) in [6.45, 7) is 0.354. The molecule has 4 nitrogen and oxygen atoms in total. The molecule has 1 aliphatic heterocycles. The molecular formula is C15H14N2O2. The van der Waals surface area contributed by atoms with Crippen molar-refractivity contribution in [2.75, 3.05) is 5.73 Å². The Hall–Kier alpha value is -2.17. The van der Waals surface area contributed by atoms with Gasteiger partial charge in [0.05, 0.1) is 5.56 Å². The number of carbonyl (C=O) groups is 1. The molecule has 0 saturated carbocycles. The highest BCUT2D eigenvalue weighted by atomic mass is 16.6. The zero-order valence-electron chi connectivity index (χ0n) is 10.4. The van der Waals surface area contributed by atoms with Gasteiger partial charge in [0.2, 0.25) is 0 Å². The van der Waals surface area contributed by atoms with Gasteiger partial charge in [0.1, 0.15) is 13.1 Å². The number of nitrogen functional groups attached to an aromatic ring is 1.